The Morgan fingerprint density at radius 3 is 2.67 bits per heavy atom. The first kappa shape index (κ1) is 17.2. The van der Waals surface area contributed by atoms with Crippen LogP contribution in [0.4, 0.5) is 0 Å². The third kappa shape index (κ3) is 5.99. The molecular formula is C17H24N2O2. The van der Waals surface area contributed by atoms with Gasteiger partial charge in [-0.3, -0.25) is 4.79 Å². The lowest BCUT2D eigenvalue weighted by Gasteiger charge is -2.18. The van der Waals surface area contributed by atoms with Crippen molar-refractivity contribution in [1.29, 1.82) is 0 Å². The molecule has 114 valence electrons. The van der Waals surface area contributed by atoms with Gasteiger partial charge in [0.1, 0.15) is 0 Å². The molecule has 21 heavy (non-hydrogen) atoms. The summed E-state index contributed by atoms with van der Waals surface area (Å²) in [5, 5.41) is 11.7. The molecule has 0 spiro atoms. The minimum atomic E-state index is -0.101. The van der Waals surface area contributed by atoms with Gasteiger partial charge in [0.15, 0.2) is 0 Å². The van der Waals surface area contributed by atoms with E-state index in [1.165, 1.54) is 0 Å². The van der Waals surface area contributed by atoms with E-state index >= 15 is 0 Å². The van der Waals surface area contributed by atoms with Crippen LogP contribution in [-0.4, -0.2) is 48.7 Å². The normalized spacial score (nSPS) is 10.1. The van der Waals surface area contributed by atoms with E-state index in [0.29, 0.717) is 24.1 Å². The van der Waals surface area contributed by atoms with E-state index in [-0.39, 0.29) is 12.5 Å². The number of hydrogen-bond acceptors (Lipinski definition) is 3. The fourth-order valence-corrected chi connectivity index (χ4v) is 1.97. The first-order valence-corrected chi connectivity index (χ1v) is 7.42. The number of nitrogens with zero attached hydrogens (tertiary/aromatic N) is 1. The minimum Gasteiger partial charge on any atom is -0.395 e. The van der Waals surface area contributed by atoms with E-state index in [4.69, 9.17) is 5.11 Å². The molecule has 0 atom stereocenters. The van der Waals surface area contributed by atoms with Crippen molar-refractivity contribution in [2.45, 2.75) is 20.3 Å². The Labute approximate surface area is 127 Å². The van der Waals surface area contributed by atoms with Crippen molar-refractivity contribution in [2.75, 3.05) is 32.8 Å². The van der Waals surface area contributed by atoms with Crippen LogP contribution in [0.25, 0.3) is 0 Å². The number of hydrogen-bond donors (Lipinski definition) is 2. The van der Waals surface area contributed by atoms with Crippen LogP contribution in [-0.2, 0) is 0 Å². The number of nitrogens with one attached hydrogen (secondary N) is 1. The van der Waals surface area contributed by atoms with Gasteiger partial charge in [-0.25, -0.2) is 0 Å². The molecule has 0 aliphatic carbocycles. The molecule has 1 aromatic rings. The van der Waals surface area contributed by atoms with Crippen molar-refractivity contribution in [3.63, 3.8) is 0 Å². The van der Waals surface area contributed by atoms with Crippen molar-refractivity contribution >= 4 is 5.91 Å². The fourth-order valence-electron chi connectivity index (χ4n) is 1.97. The van der Waals surface area contributed by atoms with Gasteiger partial charge in [0.25, 0.3) is 5.91 Å². The zero-order chi connectivity index (χ0) is 15.5. The Kier molecular flexibility index (Phi) is 8.18. The SMILES string of the molecule is CCN(CC)CCNC(=O)c1ccccc1C#CCCO. The number of aliphatic hydroxyl groups excluding tert-OH is 1. The van der Waals surface area contributed by atoms with Gasteiger partial charge in [-0.2, -0.15) is 0 Å². The average molecular weight is 288 g/mol. The molecule has 0 aromatic heterocycles. The number of benzene rings is 1. The Morgan fingerprint density at radius 1 is 1.29 bits per heavy atom. The summed E-state index contributed by atoms with van der Waals surface area (Å²) in [5.74, 6) is 5.69. The molecule has 0 fully saturated rings. The van der Waals surface area contributed by atoms with Gasteiger partial charge in [-0.15, -0.1) is 0 Å². The summed E-state index contributed by atoms with van der Waals surface area (Å²) in [7, 11) is 0. The fraction of sp³-hybridized carbons (Fsp3) is 0.471. The maximum absolute atomic E-state index is 12.2. The largest absolute Gasteiger partial charge is 0.395 e. The van der Waals surface area contributed by atoms with Gasteiger partial charge in [0.05, 0.1) is 12.2 Å². The zero-order valence-electron chi connectivity index (χ0n) is 12.9. The van der Waals surface area contributed by atoms with Gasteiger partial charge in [0.2, 0.25) is 0 Å². The number of carbonyl (C=O) groups excluding carboxylic acids is 1. The number of rotatable bonds is 7. The molecule has 1 rings (SSSR count). The van der Waals surface area contributed by atoms with E-state index < -0.39 is 0 Å². The van der Waals surface area contributed by atoms with E-state index in [9.17, 15) is 4.79 Å². The molecule has 1 aromatic carbocycles. The number of likely N-dealkylation sites (N-methyl/N-ethyl adjacent to an activating group) is 1. The highest BCUT2D eigenvalue weighted by molar-refractivity contribution is 5.96. The standard InChI is InChI=1S/C17H24N2O2/c1-3-19(4-2)13-12-18-17(21)16-11-6-5-9-15(16)10-7-8-14-20/h5-6,9,11,20H,3-4,8,12-14H2,1-2H3,(H,18,21). The molecule has 0 aliphatic rings. The number of carbonyl (C=O) groups is 1. The van der Waals surface area contributed by atoms with Crippen LogP contribution in [0.1, 0.15) is 36.2 Å². The Hall–Kier alpha value is -1.83. The minimum absolute atomic E-state index is 0.0330. The summed E-state index contributed by atoms with van der Waals surface area (Å²) in [6, 6.07) is 7.28. The second kappa shape index (κ2) is 9.98. The molecule has 1 amide bonds. The first-order chi connectivity index (χ1) is 10.2. The van der Waals surface area contributed by atoms with E-state index in [1.54, 1.807) is 6.07 Å². The summed E-state index contributed by atoms with van der Waals surface area (Å²) in [6.07, 6.45) is 0.415. The van der Waals surface area contributed by atoms with Gasteiger partial charge in [-0.1, -0.05) is 37.8 Å². The second-order valence-electron chi connectivity index (χ2n) is 4.60. The van der Waals surface area contributed by atoms with Crippen LogP contribution < -0.4 is 5.32 Å². The molecule has 0 bridgehead atoms. The summed E-state index contributed by atoms with van der Waals surface area (Å²) in [4.78, 5) is 14.5. The Morgan fingerprint density at radius 2 is 2.00 bits per heavy atom. The average Bonchev–Trinajstić information content (AvgIpc) is 2.52. The van der Waals surface area contributed by atoms with Crippen molar-refractivity contribution < 1.29 is 9.90 Å². The summed E-state index contributed by atoms with van der Waals surface area (Å²) in [5.41, 5.74) is 1.29. The lowest BCUT2D eigenvalue weighted by atomic mass is 10.1. The van der Waals surface area contributed by atoms with Crippen molar-refractivity contribution in [3.8, 4) is 11.8 Å². The van der Waals surface area contributed by atoms with Crippen molar-refractivity contribution in [2.24, 2.45) is 0 Å². The smallest absolute Gasteiger partial charge is 0.252 e. The quantitative estimate of drug-likeness (QED) is 0.748. The van der Waals surface area contributed by atoms with Crippen LogP contribution in [0.5, 0.6) is 0 Å². The van der Waals surface area contributed by atoms with Gasteiger partial charge < -0.3 is 15.3 Å². The topological polar surface area (TPSA) is 52.6 Å². The summed E-state index contributed by atoms with van der Waals surface area (Å²) < 4.78 is 0. The van der Waals surface area contributed by atoms with Crippen LogP contribution >= 0.6 is 0 Å². The van der Waals surface area contributed by atoms with Gasteiger partial charge in [0, 0.05) is 25.1 Å². The lowest BCUT2D eigenvalue weighted by Crippen LogP contribution is -2.35. The van der Waals surface area contributed by atoms with Crippen LogP contribution in [0.3, 0.4) is 0 Å². The Bertz CT molecular complexity index is 499. The predicted molar refractivity (Wildman–Crippen MR) is 85.1 cm³/mol. The van der Waals surface area contributed by atoms with Crippen LogP contribution in [0.2, 0.25) is 0 Å². The van der Waals surface area contributed by atoms with Crippen molar-refractivity contribution in [1.82, 2.24) is 10.2 Å². The second-order valence-corrected chi connectivity index (χ2v) is 4.60. The number of aliphatic hydroxyl groups is 1. The highest BCUT2D eigenvalue weighted by Crippen LogP contribution is 2.07. The molecule has 0 saturated heterocycles. The maximum atomic E-state index is 12.2. The predicted octanol–water partition coefficient (Wildman–Crippen LogP) is 1.49. The monoisotopic (exact) mass is 288 g/mol. The number of amides is 1. The summed E-state index contributed by atoms with van der Waals surface area (Å²) in [6.45, 7) is 7.68. The molecule has 0 unspecified atom stereocenters. The molecule has 0 radical (unpaired) electrons. The van der Waals surface area contributed by atoms with Crippen LogP contribution in [0.15, 0.2) is 24.3 Å². The maximum Gasteiger partial charge on any atom is 0.252 e. The third-order valence-electron chi connectivity index (χ3n) is 3.24. The molecular weight excluding hydrogens is 264 g/mol. The Balaban J connectivity index is 2.64. The molecule has 4 nitrogen and oxygen atoms in total. The van der Waals surface area contributed by atoms with E-state index in [1.807, 2.05) is 18.2 Å². The highest BCUT2D eigenvalue weighted by atomic mass is 16.2. The first-order valence-electron chi connectivity index (χ1n) is 7.42. The van der Waals surface area contributed by atoms with E-state index in [0.717, 1.165) is 19.6 Å². The zero-order valence-corrected chi connectivity index (χ0v) is 12.9. The molecule has 2 N–H and O–H groups in total. The molecule has 0 aliphatic heterocycles. The van der Waals surface area contributed by atoms with E-state index in [2.05, 4.69) is 35.9 Å². The molecule has 0 saturated carbocycles. The molecule has 4 heteroatoms. The van der Waals surface area contributed by atoms with Gasteiger partial charge in [-0.05, 0) is 25.2 Å². The van der Waals surface area contributed by atoms with Crippen molar-refractivity contribution in [3.05, 3.63) is 35.4 Å². The molecule has 0 heterocycles. The third-order valence-corrected chi connectivity index (χ3v) is 3.24. The lowest BCUT2D eigenvalue weighted by molar-refractivity contribution is 0.0948. The summed E-state index contributed by atoms with van der Waals surface area (Å²) >= 11 is 0. The van der Waals surface area contributed by atoms with Gasteiger partial charge >= 0.3 is 0 Å². The highest BCUT2D eigenvalue weighted by Gasteiger charge is 2.09. The van der Waals surface area contributed by atoms with Crippen LogP contribution in [0, 0.1) is 11.8 Å².